The summed E-state index contributed by atoms with van der Waals surface area (Å²) in [6, 6.07) is 16.1. The van der Waals surface area contributed by atoms with Crippen LogP contribution in [-0.4, -0.2) is 10.7 Å². The van der Waals surface area contributed by atoms with Crippen LogP contribution >= 0.6 is 0 Å². The molecule has 0 N–H and O–H groups in total. The van der Waals surface area contributed by atoms with Crippen LogP contribution in [0.2, 0.25) is 0 Å². The van der Waals surface area contributed by atoms with Crippen LogP contribution in [-0.2, 0) is 0 Å². The lowest BCUT2D eigenvalue weighted by atomic mass is 9.89. The maximum absolute atomic E-state index is 12.2. The zero-order valence-electron chi connectivity index (χ0n) is 12.0. The highest BCUT2D eigenvalue weighted by atomic mass is 16.6. The average Bonchev–Trinajstić information content (AvgIpc) is 2.58. The largest absolute Gasteiger partial charge is 0.289 e. The molecular formula is C19H11NO3. The number of carbonyl (C=O) groups is 1. The van der Waals surface area contributed by atoms with Gasteiger partial charge in [-0.25, -0.2) is 0 Å². The van der Waals surface area contributed by atoms with Crippen molar-refractivity contribution in [3.05, 3.63) is 81.9 Å². The van der Waals surface area contributed by atoms with Gasteiger partial charge in [-0.3, -0.25) is 14.9 Å². The predicted octanol–water partition coefficient (Wildman–Crippen LogP) is 4.62. The number of non-ortho nitro benzene ring substituents is 1. The summed E-state index contributed by atoms with van der Waals surface area (Å²) in [6.07, 6.45) is 3.39. The zero-order valence-corrected chi connectivity index (χ0v) is 12.0. The highest BCUT2D eigenvalue weighted by molar-refractivity contribution is 6.20. The van der Waals surface area contributed by atoms with E-state index in [9.17, 15) is 14.9 Å². The van der Waals surface area contributed by atoms with Crippen molar-refractivity contribution in [3.8, 4) is 11.1 Å². The van der Waals surface area contributed by atoms with E-state index in [0.29, 0.717) is 5.56 Å². The molecule has 3 aromatic rings. The fourth-order valence-corrected chi connectivity index (χ4v) is 3.01. The van der Waals surface area contributed by atoms with Gasteiger partial charge in [0.1, 0.15) is 0 Å². The van der Waals surface area contributed by atoms with Gasteiger partial charge in [-0.2, -0.15) is 0 Å². The number of nitrogens with zero attached hydrogens (tertiary/aromatic N) is 1. The standard InChI is InChI=1S/C19H11NO3/c21-18-8-7-12-3-1-5-14-9-15(11-17(18)19(12)14)13-4-2-6-16(10-13)20(22)23/h1-11H. The Morgan fingerprint density at radius 3 is 2.52 bits per heavy atom. The second-order valence-corrected chi connectivity index (χ2v) is 5.47. The molecule has 0 amide bonds. The van der Waals surface area contributed by atoms with E-state index in [2.05, 4.69) is 0 Å². The van der Waals surface area contributed by atoms with Gasteiger partial charge in [0.15, 0.2) is 5.78 Å². The molecule has 0 heterocycles. The van der Waals surface area contributed by atoms with Crippen molar-refractivity contribution < 1.29 is 9.72 Å². The number of carbonyl (C=O) groups excluding carboxylic acids is 1. The van der Waals surface area contributed by atoms with Gasteiger partial charge < -0.3 is 0 Å². The molecule has 3 aromatic carbocycles. The van der Waals surface area contributed by atoms with E-state index in [1.54, 1.807) is 12.1 Å². The Morgan fingerprint density at radius 2 is 1.70 bits per heavy atom. The fraction of sp³-hybridized carbons (Fsp3) is 0. The number of nitro benzene ring substituents is 1. The maximum Gasteiger partial charge on any atom is 0.270 e. The van der Waals surface area contributed by atoms with Crippen LogP contribution in [0.4, 0.5) is 5.69 Å². The Labute approximate surface area is 131 Å². The topological polar surface area (TPSA) is 60.2 Å². The van der Waals surface area contributed by atoms with Crippen LogP contribution < -0.4 is 0 Å². The minimum Gasteiger partial charge on any atom is -0.289 e. The Kier molecular flexibility index (Phi) is 2.84. The first-order chi connectivity index (χ1) is 11.1. The van der Waals surface area contributed by atoms with E-state index < -0.39 is 4.92 Å². The van der Waals surface area contributed by atoms with E-state index in [0.717, 1.165) is 27.5 Å². The molecular weight excluding hydrogens is 290 g/mol. The van der Waals surface area contributed by atoms with Crippen molar-refractivity contribution >= 4 is 28.3 Å². The van der Waals surface area contributed by atoms with Crippen LogP contribution in [0.5, 0.6) is 0 Å². The molecule has 0 spiro atoms. The first-order valence-electron chi connectivity index (χ1n) is 7.17. The molecule has 0 radical (unpaired) electrons. The van der Waals surface area contributed by atoms with Gasteiger partial charge in [-0.15, -0.1) is 0 Å². The smallest absolute Gasteiger partial charge is 0.270 e. The minimum absolute atomic E-state index is 0.0382. The van der Waals surface area contributed by atoms with E-state index in [1.807, 2.05) is 42.5 Å². The van der Waals surface area contributed by atoms with Gasteiger partial charge in [0.2, 0.25) is 0 Å². The second-order valence-electron chi connectivity index (χ2n) is 5.47. The molecule has 0 fully saturated rings. The number of hydrogen-bond acceptors (Lipinski definition) is 3. The Hall–Kier alpha value is -3.27. The zero-order chi connectivity index (χ0) is 16.0. The molecule has 4 heteroatoms. The summed E-state index contributed by atoms with van der Waals surface area (Å²) in [5, 5.41) is 12.9. The van der Waals surface area contributed by atoms with Gasteiger partial charge in [-0.1, -0.05) is 36.4 Å². The summed E-state index contributed by atoms with van der Waals surface area (Å²) in [5.41, 5.74) is 3.23. The van der Waals surface area contributed by atoms with Crippen LogP contribution in [0.15, 0.2) is 60.7 Å². The molecule has 4 nitrogen and oxygen atoms in total. The van der Waals surface area contributed by atoms with Crippen molar-refractivity contribution in [2.45, 2.75) is 0 Å². The number of nitro groups is 1. The Bertz CT molecular complexity index is 1020. The van der Waals surface area contributed by atoms with Crippen LogP contribution in [0, 0.1) is 10.1 Å². The Morgan fingerprint density at radius 1 is 0.870 bits per heavy atom. The lowest BCUT2D eigenvalue weighted by molar-refractivity contribution is -0.384. The van der Waals surface area contributed by atoms with Gasteiger partial charge in [0, 0.05) is 23.1 Å². The third kappa shape index (κ3) is 2.12. The molecule has 23 heavy (non-hydrogen) atoms. The quantitative estimate of drug-likeness (QED) is 0.512. The highest BCUT2D eigenvalue weighted by Crippen LogP contribution is 2.34. The summed E-state index contributed by atoms with van der Waals surface area (Å²) in [7, 11) is 0. The maximum atomic E-state index is 12.2. The molecule has 1 aliphatic rings. The van der Waals surface area contributed by atoms with Crippen LogP contribution in [0.1, 0.15) is 15.9 Å². The summed E-state index contributed by atoms with van der Waals surface area (Å²) < 4.78 is 0. The number of benzene rings is 3. The second kappa shape index (κ2) is 4.88. The first-order valence-corrected chi connectivity index (χ1v) is 7.17. The van der Waals surface area contributed by atoms with Gasteiger partial charge >= 0.3 is 0 Å². The number of rotatable bonds is 2. The minimum atomic E-state index is -0.416. The third-order valence-electron chi connectivity index (χ3n) is 4.08. The summed E-state index contributed by atoms with van der Waals surface area (Å²) in [4.78, 5) is 22.8. The number of ketones is 1. The number of allylic oxidation sites excluding steroid dienone is 1. The van der Waals surface area contributed by atoms with Crippen molar-refractivity contribution in [2.24, 2.45) is 0 Å². The van der Waals surface area contributed by atoms with Crippen LogP contribution in [0.25, 0.3) is 28.0 Å². The molecule has 0 aromatic heterocycles. The lowest BCUT2D eigenvalue weighted by Crippen LogP contribution is -2.02. The normalized spacial score (nSPS) is 12.6. The first kappa shape index (κ1) is 13.4. The molecule has 0 unspecified atom stereocenters. The van der Waals surface area contributed by atoms with Gasteiger partial charge in [0.05, 0.1) is 4.92 Å². The highest BCUT2D eigenvalue weighted by Gasteiger charge is 2.17. The number of hydrogen-bond donors (Lipinski definition) is 0. The van der Waals surface area contributed by atoms with E-state index >= 15 is 0 Å². The van der Waals surface area contributed by atoms with E-state index in [-0.39, 0.29) is 11.5 Å². The molecule has 1 aliphatic carbocycles. The van der Waals surface area contributed by atoms with Gasteiger partial charge in [0.25, 0.3) is 5.69 Å². The molecule has 0 saturated carbocycles. The SMILES string of the molecule is O=C1C=Cc2cccc3cc(-c4cccc([N+](=O)[O-])c4)cc1c23. The summed E-state index contributed by atoms with van der Waals surface area (Å²) >= 11 is 0. The van der Waals surface area contributed by atoms with Gasteiger partial charge in [-0.05, 0) is 40.3 Å². The fourth-order valence-electron chi connectivity index (χ4n) is 3.01. The molecule has 4 rings (SSSR count). The third-order valence-corrected chi connectivity index (χ3v) is 4.08. The molecule has 110 valence electrons. The van der Waals surface area contributed by atoms with Crippen molar-refractivity contribution in [3.63, 3.8) is 0 Å². The molecule has 0 aliphatic heterocycles. The molecule has 0 bridgehead atoms. The summed E-state index contributed by atoms with van der Waals surface area (Å²) in [6.45, 7) is 0. The molecule has 0 atom stereocenters. The van der Waals surface area contributed by atoms with Crippen molar-refractivity contribution in [1.82, 2.24) is 0 Å². The summed E-state index contributed by atoms with van der Waals surface area (Å²) in [5.74, 6) is -0.0408. The predicted molar refractivity (Wildman–Crippen MR) is 89.4 cm³/mol. The van der Waals surface area contributed by atoms with Crippen molar-refractivity contribution in [1.29, 1.82) is 0 Å². The Balaban J connectivity index is 1.99. The molecule has 0 saturated heterocycles. The van der Waals surface area contributed by atoms with Crippen molar-refractivity contribution in [2.75, 3.05) is 0 Å². The van der Waals surface area contributed by atoms with E-state index in [4.69, 9.17) is 0 Å². The van der Waals surface area contributed by atoms with E-state index in [1.165, 1.54) is 12.1 Å². The average molecular weight is 301 g/mol. The monoisotopic (exact) mass is 301 g/mol. The van der Waals surface area contributed by atoms with Crippen LogP contribution in [0.3, 0.4) is 0 Å². The lowest BCUT2D eigenvalue weighted by Gasteiger charge is -2.14.